The van der Waals surface area contributed by atoms with Crippen molar-refractivity contribution in [3.63, 3.8) is 0 Å². The van der Waals surface area contributed by atoms with Crippen LogP contribution in [0.3, 0.4) is 0 Å². The van der Waals surface area contributed by atoms with Gasteiger partial charge in [0.05, 0.1) is 18.3 Å². The fourth-order valence-corrected chi connectivity index (χ4v) is 1.69. The van der Waals surface area contributed by atoms with E-state index in [0.29, 0.717) is 0 Å². The van der Waals surface area contributed by atoms with E-state index in [9.17, 15) is 0 Å². The van der Waals surface area contributed by atoms with Crippen LogP contribution < -0.4 is 10.1 Å². The van der Waals surface area contributed by atoms with Crippen LogP contribution in [-0.4, -0.2) is 12.6 Å². The Balaban J connectivity index is 3.10. The third-order valence-corrected chi connectivity index (χ3v) is 2.60. The van der Waals surface area contributed by atoms with Gasteiger partial charge in [-0.1, -0.05) is 42.8 Å². The number of halogens is 1. The molecule has 0 heterocycles. The molecule has 0 saturated carbocycles. The predicted octanol–water partition coefficient (Wildman–Crippen LogP) is 3.76. The number of hydrogen-bond acceptors (Lipinski definition) is 2. The molecule has 0 bridgehead atoms. The summed E-state index contributed by atoms with van der Waals surface area (Å²) < 4.78 is 5.28. The zero-order valence-electron chi connectivity index (χ0n) is 9.73. The van der Waals surface area contributed by atoms with Gasteiger partial charge in [-0.15, -0.1) is 0 Å². The molecule has 3 heteroatoms. The summed E-state index contributed by atoms with van der Waals surface area (Å²) in [4.78, 5) is 0. The zero-order valence-corrected chi connectivity index (χ0v) is 11.3. The standard InChI is InChI=1S/C12H18BrNO/c1-12(2,3)9-5-6-11(15-4)10(7-9)14-8-13/h5-7,14H,8H2,1-4H3. The molecule has 0 atom stereocenters. The summed E-state index contributed by atoms with van der Waals surface area (Å²) in [7, 11) is 1.69. The number of benzene rings is 1. The molecule has 2 nitrogen and oxygen atoms in total. The average molecular weight is 272 g/mol. The summed E-state index contributed by atoms with van der Waals surface area (Å²) in [5.41, 5.74) is 3.21. The lowest BCUT2D eigenvalue weighted by atomic mass is 9.87. The molecule has 1 rings (SSSR count). The molecule has 0 spiro atoms. The van der Waals surface area contributed by atoms with Crippen molar-refractivity contribution in [2.75, 3.05) is 17.9 Å². The van der Waals surface area contributed by atoms with Crippen LogP contribution in [-0.2, 0) is 5.41 Å². The number of anilines is 1. The van der Waals surface area contributed by atoms with E-state index in [2.05, 4.69) is 54.2 Å². The summed E-state index contributed by atoms with van der Waals surface area (Å²) in [6, 6.07) is 6.25. The Bertz CT molecular complexity index is 331. The second-order valence-corrected chi connectivity index (χ2v) is 5.04. The molecule has 0 amide bonds. The van der Waals surface area contributed by atoms with E-state index in [1.807, 2.05) is 6.07 Å². The molecule has 0 aromatic heterocycles. The van der Waals surface area contributed by atoms with Crippen LogP contribution in [0, 0.1) is 0 Å². The molecule has 1 N–H and O–H groups in total. The molecular formula is C12H18BrNO. The van der Waals surface area contributed by atoms with E-state index in [1.54, 1.807) is 7.11 Å². The van der Waals surface area contributed by atoms with Crippen LogP contribution in [0.1, 0.15) is 26.3 Å². The molecule has 0 unspecified atom stereocenters. The van der Waals surface area contributed by atoms with Crippen LogP contribution in [0.4, 0.5) is 5.69 Å². The van der Waals surface area contributed by atoms with Crippen molar-refractivity contribution in [1.82, 2.24) is 0 Å². The third kappa shape index (κ3) is 3.13. The zero-order chi connectivity index (χ0) is 11.5. The molecule has 0 aliphatic carbocycles. The predicted molar refractivity (Wildman–Crippen MR) is 69.1 cm³/mol. The lowest BCUT2D eigenvalue weighted by Gasteiger charge is -2.21. The van der Waals surface area contributed by atoms with Crippen molar-refractivity contribution in [1.29, 1.82) is 0 Å². The van der Waals surface area contributed by atoms with Crippen LogP contribution in [0.25, 0.3) is 0 Å². The smallest absolute Gasteiger partial charge is 0.141 e. The monoisotopic (exact) mass is 271 g/mol. The Morgan fingerprint density at radius 1 is 1.33 bits per heavy atom. The summed E-state index contributed by atoms with van der Waals surface area (Å²) >= 11 is 3.36. The average Bonchev–Trinajstić information content (AvgIpc) is 2.17. The molecule has 1 aromatic rings. The number of ether oxygens (including phenoxy) is 1. The molecule has 0 aliphatic rings. The van der Waals surface area contributed by atoms with Crippen LogP contribution in [0.5, 0.6) is 5.75 Å². The molecular weight excluding hydrogens is 254 g/mol. The lowest BCUT2D eigenvalue weighted by Crippen LogP contribution is -2.11. The first kappa shape index (κ1) is 12.4. The minimum Gasteiger partial charge on any atom is -0.495 e. The van der Waals surface area contributed by atoms with Gasteiger partial charge in [0.1, 0.15) is 5.75 Å². The van der Waals surface area contributed by atoms with Crippen LogP contribution >= 0.6 is 15.9 Å². The second-order valence-electron chi connectivity index (χ2n) is 4.48. The lowest BCUT2D eigenvalue weighted by molar-refractivity contribution is 0.416. The quantitative estimate of drug-likeness (QED) is 0.668. The van der Waals surface area contributed by atoms with Crippen LogP contribution in [0.15, 0.2) is 18.2 Å². The van der Waals surface area contributed by atoms with Gasteiger partial charge in [0.2, 0.25) is 0 Å². The van der Waals surface area contributed by atoms with Gasteiger partial charge in [0.25, 0.3) is 0 Å². The highest BCUT2D eigenvalue weighted by atomic mass is 79.9. The molecule has 0 saturated heterocycles. The van der Waals surface area contributed by atoms with Gasteiger partial charge in [0.15, 0.2) is 0 Å². The van der Waals surface area contributed by atoms with Crippen molar-refractivity contribution >= 4 is 21.6 Å². The largest absolute Gasteiger partial charge is 0.495 e. The normalized spacial score (nSPS) is 11.3. The third-order valence-electron chi connectivity index (χ3n) is 2.32. The number of rotatable bonds is 3. The maximum Gasteiger partial charge on any atom is 0.141 e. The topological polar surface area (TPSA) is 21.3 Å². The Morgan fingerprint density at radius 2 is 2.00 bits per heavy atom. The first-order valence-corrected chi connectivity index (χ1v) is 6.09. The summed E-state index contributed by atoms with van der Waals surface area (Å²) in [6.07, 6.45) is 0. The molecule has 0 aliphatic heterocycles. The fraction of sp³-hybridized carbons (Fsp3) is 0.500. The fourth-order valence-electron chi connectivity index (χ4n) is 1.38. The van der Waals surface area contributed by atoms with Gasteiger partial charge >= 0.3 is 0 Å². The second kappa shape index (κ2) is 4.88. The van der Waals surface area contributed by atoms with Crippen molar-refractivity contribution in [3.8, 4) is 5.75 Å². The van der Waals surface area contributed by atoms with E-state index >= 15 is 0 Å². The highest BCUT2D eigenvalue weighted by Gasteiger charge is 2.15. The van der Waals surface area contributed by atoms with E-state index < -0.39 is 0 Å². The Kier molecular flexibility index (Phi) is 4.03. The number of nitrogens with one attached hydrogen (secondary N) is 1. The van der Waals surface area contributed by atoms with E-state index in [-0.39, 0.29) is 5.41 Å². The summed E-state index contributed by atoms with van der Waals surface area (Å²) in [6.45, 7) is 6.60. The van der Waals surface area contributed by atoms with Crippen molar-refractivity contribution < 1.29 is 4.74 Å². The van der Waals surface area contributed by atoms with Gasteiger partial charge in [0, 0.05) is 0 Å². The summed E-state index contributed by atoms with van der Waals surface area (Å²) in [5, 5.41) is 3.23. The van der Waals surface area contributed by atoms with Crippen LogP contribution in [0.2, 0.25) is 0 Å². The molecule has 0 radical (unpaired) electrons. The minimum absolute atomic E-state index is 0.162. The number of alkyl halides is 1. The first-order chi connectivity index (χ1) is 6.99. The van der Waals surface area contributed by atoms with Gasteiger partial charge < -0.3 is 10.1 Å². The Morgan fingerprint density at radius 3 is 2.47 bits per heavy atom. The molecule has 84 valence electrons. The highest BCUT2D eigenvalue weighted by Crippen LogP contribution is 2.31. The summed E-state index contributed by atoms with van der Waals surface area (Å²) in [5.74, 6) is 0.877. The molecule has 15 heavy (non-hydrogen) atoms. The SMILES string of the molecule is COc1ccc(C(C)(C)C)cc1NCBr. The number of hydrogen-bond donors (Lipinski definition) is 1. The van der Waals surface area contributed by atoms with Crippen molar-refractivity contribution in [3.05, 3.63) is 23.8 Å². The number of methoxy groups -OCH3 is 1. The maximum atomic E-state index is 5.28. The van der Waals surface area contributed by atoms with Gasteiger partial charge in [-0.05, 0) is 23.1 Å². The van der Waals surface area contributed by atoms with Crippen molar-refractivity contribution in [2.24, 2.45) is 0 Å². The Hall–Kier alpha value is -0.700. The Labute approximate surface area is 100 Å². The first-order valence-electron chi connectivity index (χ1n) is 4.97. The highest BCUT2D eigenvalue weighted by molar-refractivity contribution is 9.09. The molecule has 0 fully saturated rings. The minimum atomic E-state index is 0.162. The maximum absolute atomic E-state index is 5.28. The van der Waals surface area contributed by atoms with E-state index in [4.69, 9.17) is 4.74 Å². The van der Waals surface area contributed by atoms with Crippen molar-refractivity contribution in [2.45, 2.75) is 26.2 Å². The van der Waals surface area contributed by atoms with E-state index in [1.165, 1.54) is 5.56 Å². The molecule has 1 aromatic carbocycles. The van der Waals surface area contributed by atoms with Gasteiger partial charge in [-0.2, -0.15) is 0 Å². The van der Waals surface area contributed by atoms with Gasteiger partial charge in [-0.3, -0.25) is 0 Å². The van der Waals surface area contributed by atoms with E-state index in [0.717, 1.165) is 16.9 Å². The van der Waals surface area contributed by atoms with Gasteiger partial charge in [-0.25, -0.2) is 0 Å².